The zero-order valence-electron chi connectivity index (χ0n) is 18.1. The molecule has 2 aromatic heterocycles. The van der Waals surface area contributed by atoms with E-state index in [-0.39, 0.29) is 0 Å². The van der Waals surface area contributed by atoms with Crippen LogP contribution >= 0.6 is 23.2 Å². The molecule has 0 bridgehead atoms. The molecule has 1 saturated heterocycles. The molecule has 170 valence electrons. The summed E-state index contributed by atoms with van der Waals surface area (Å²) in [5, 5.41) is 6.74. The fraction of sp³-hybridized carbons (Fsp3) is 0.292. The summed E-state index contributed by atoms with van der Waals surface area (Å²) >= 11 is 12.4. The third kappa shape index (κ3) is 5.05. The number of fused-ring (bicyclic) bond motifs is 1. The number of para-hydroxylation sites is 1. The molecular formula is C24H24Cl2N6O. The van der Waals surface area contributed by atoms with Crippen molar-refractivity contribution in [3.8, 4) is 5.75 Å². The number of nitrogens with zero attached hydrogens (tertiary/aromatic N) is 6. The second kappa shape index (κ2) is 9.95. The van der Waals surface area contributed by atoms with Crippen molar-refractivity contribution in [2.75, 3.05) is 44.2 Å². The fourth-order valence-corrected chi connectivity index (χ4v) is 4.52. The first kappa shape index (κ1) is 21.9. The van der Waals surface area contributed by atoms with E-state index < -0.39 is 0 Å². The van der Waals surface area contributed by atoms with Crippen molar-refractivity contribution < 1.29 is 4.74 Å². The van der Waals surface area contributed by atoms with Crippen LogP contribution in [-0.2, 0) is 6.54 Å². The molecule has 0 unspecified atom stereocenters. The van der Waals surface area contributed by atoms with Gasteiger partial charge in [-0.25, -0.2) is 14.6 Å². The summed E-state index contributed by atoms with van der Waals surface area (Å²) < 4.78 is 7.69. The quantitative estimate of drug-likeness (QED) is 0.389. The predicted octanol–water partition coefficient (Wildman–Crippen LogP) is 4.38. The molecule has 33 heavy (non-hydrogen) atoms. The van der Waals surface area contributed by atoms with Gasteiger partial charge in [0.25, 0.3) is 0 Å². The lowest BCUT2D eigenvalue weighted by Crippen LogP contribution is -2.47. The molecule has 0 radical (unpaired) electrons. The first-order valence-corrected chi connectivity index (χ1v) is 11.7. The highest BCUT2D eigenvalue weighted by Gasteiger charge is 2.21. The van der Waals surface area contributed by atoms with E-state index in [4.69, 9.17) is 27.9 Å². The number of aromatic nitrogens is 4. The van der Waals surface area contributed by atoms with E-state index in [0.29, 0.717) is 23.2 Å². The van der Waals surface area contributed by atoms with Gasteiger partial charge in [0.2, 0.25) is 0 Å². The molecule has 0 N–H and O–H groups in total. The van der Waals surface area contributed by atoms with Crippen LogP contribution in [0.1, 0.15) is 5.56 Å². The van der Waals surface area contributed by atoms with Crippen LogP contribution in [0.15, 0.2) is 61.1 Å². The van der Waals surface area contributed by atoms with Crippen molar-refractivity contribution in [3.63, 3.8) is 0 Å². The van der Waals surface area contributed by atoms with Gasteiger partial charge in [-0.1, -0.05) is 47.5 Å². The molecule has 1 fully saturated rings. The standard InChI is InChI=1S/C24H24Cl2N6O/c25-19-7-6-18(22(26)14-19)16-32-24-21(15-29-32)23(27-17-28-24)31-10-8-30(9-11-31)12-13-33-20-4-2-1-3-5-20/h1-7,14-15,17H,8-13,16H2. The Morgan fingerprint density at radius 3 is 2.55 bits per heavy atom. The topological polar surface area (TPSA) is 59.3 Å². The maximum Gasteiger partial charge on any atom is 0.163 e. The number of halogens is 2. The zero-order chi connectivity index (χ0) is 22.6. The summed E-state index contributed by atoms with van der Waals surface area (Å²) in [4.78, 5) is 13.8. The molecule has 9 heteroatoms. The smallest absolute Gasteiger partial charge is 0.163 e. The number of benzene rings is 2. The zero-order valence-corrected chi connectivity index (χ0v) is 19.6. The Kier molecular flexibility index (Phi) is 6.62. The Balaban J connectivity index is 1.22. The monoisotopic (exact) mass is 482 g/mol. The summed E-state index contributed by atoms with van der Waals surface area (Å²) in [5.74, 6) is 1.84. The van der Waals surface area contributed by atoms with Crippen molar-refractivity contribution >= 4 is 40.1 Å². The Bertz CT molecular complexity index is 1220. The summed E-state index contributed by atoms with van der Waals surface area (Å²) in [5.41, 5.74) is 1.74. The van der Waals surface area contributed by atoms with Gasteiger partial charge < -0.3 is 9.64 Å². The molecule has 0 atom stereocenters. The minimum absolute atomic E-state index is 0.519. The van der Waals surface area contributed by atoms with Gasteiger partial charge in [0.1, 0.15) is 24.5 Å². The third-order valence-corrected chi connectivity index (χ3v) is 6.43. The number of hydrogen-bond acceptors (Lipinski definition) is 6. The van der Waals surface area contributed by atoms with Gasteiger partial charge in [-0.05, 0) is 29.8 Å². The van der Waals surface area contributed by atoms with E-state index >= 15 is 0 Å². The maximum absolute atomic E-state index is 6.36. The van der Waals surface area contributed by atoms with Crippen LogP contribution in [0, 0.1) is 0 Å². The molecule has 5 rings (SSSR count). The summed E-state index contributed by atoms with van der Waals surface area (Å²) in [7, 11) is 0. The molecule has 0 saturated carbocycles. The molecule has 0 amide bonds. The van der Waals surface area contributed by atoms with Gasteiger partial charge >= 0.3 is 0 Å². The van der Waals surface area contributed by atoms with E-state index in [1.54, 1.807) is 12.4 Å². The summed E-state index contributed by atoms with van der Waals surface area (Å²) in [6.07, 6.45) is 3.45. The first-order chi connectivity index (χ1) is 16.2. The van der Waals surface area contributed by atoms with Crippen molar-refractivity contribution in [1.82, 2.24) is 24.6 Å². The second-order valence-corrected chi connectivity index (χ2v) is 8.81. The van der Waals surface area contributed by atoms with Crippen molar-refractivity contribution in [2.45, 2.75) is 6.54 Å². The molecule has 7 nitrogen and oxygen atoms in total. The highest BCUT2D eigenvalue weighted by atomic mass is 35.5. The Morgan fingerprint density at radius 2 is 1.76 bits per heavy atom. The molecule has 0 spiro atoms. The molecular weight excluding hydrogens is 459 g/mol. The van der Waals surface area contributed by atoms with E-state index in [9.17, 15) is 0 Å². The van der Waals surface area contributed by atoms with Gasteiger partial charge in [-0.3, -0.25) is 4.90 Å². The van der Waals surface area contributed by atoms with Crippen LogP contribution in [-0.4, -0.2) is 64.0 Å². The van der Waals surface area contributed by atoms with Crippen molar-refractivity contribution in [3.05, 3.63) is 76.7 Å². The first-order valence-electron chi connectivity index (χ1n) is 10.9. The highest BCUT2D eigenvalue weighted by molar-refractivity contribution is 6.35. The van der Waals surface area contributed by atoms with Crippen molar-refractivity contribution in [2.24, 2.45) is 0 Å². The van der Waals surface area contributed by atoms with E-state index in [2.05, 4.69) is 24.9 Å². The number of anilines is 1. The summed E-state index contributed by atoms with van der Waals surface area (Å²) in [6, 6.07) is 15.4. The summed E-state index contributed by atoms with van der Waals surface area (Å²) in [6.45, 7) is 5.81. The minimum atomic E-state index is 0.519. The Hall–Kier alpha value is -2.87. The van der Waals surface area contributed by atoms with Gasteiger partial charge in [-0.2, -0.15) is 5.10 Å². The predicted molar refractivity (Wildman–Crippen MR) is 131 cm³/mol. The van der Waals surface area contributed by atoms with Crippen LogP contribution in [0.25, 0.3) is 11.0 Å². The molecule has 0 aliphatic carbocycles. The minimum Gasteiger partial charge on any atom is -0.492 e. The van der Waals surface area contributed by atoms with Crippen LogP contribution in [0.5, 0.6) is 5.75 Å². The lowest BCUT2D eigenvalue weighted by Gasteiger charge is -2.35. The lowest BCUT2D eigenvalue weighted by atomic mass is 10.2. The Labute approximate surface area is 202 Å². The van der Waals surface area contributed by atoms with Crippen LogP contribution in [0.3, 0.4) is 0 Å². The largest absolute Gasteiger partial charge is 0.492 e. The van der Waals surface area contributed by atoms with Gasteiger partial charge in [0.15, 0.2) is 5.65 Å². The van der Waals surface area contributed by atoms with E-state index in [1.807, 2.05) is 53.3 Å². The van der Waals surface area contributed by atoms with Crippen molar-refractivity contribution in [1.29, 1.82) is 0 Å². The molecule has 1 aliphatic rings. The second-order valence-electron chi connectivity index (χ2n) is 7.96. The van der Waals surface area contributed by atoms with Gasteiger partial charge in [0.05, 0.1) is 18.1 Å². The van der Waals surface area contributed by atoms with E-state index in [0.717, 1.165) is 60.9 Å². The number of ether oxygens (including phenoxy) is 1. The van der Waals surface area contributed by atoms with Crippen LogP contribution < -0.4 is 9.64 Å². The third-order valence-electron chi connectivity index (χ3n) is 5.84. The number of rotatable bonds is 7. The molecule has 1 aliphatic heterocycles. The number of hydrogen-bond donors (Lipinski definition) is 0. The lowest BCUT2D eigenvalue weighted by molar-refractivity contribution is 0.200. The van der Waals surface area contributed by atoms with Gasteiger partial charge in [0, 0.05) is 42.8 Å². The van der Waals surface area contributed by atoms with Crippen LogP contribution in [0.4, 0.5) is 5.82 Å². The average Bonchev–Trinajstić information content (AvgIpc) is 3.25. The normalized spacial score (nSPS) is 14.7. The average molecular weight is 483 g/mol. The maximum atomic E-state index is 6.36. The SMILES string of the molecule is Clc1ccc(Cn2ncc3c(N4CCN(CCOc5ccccc5)CC4)ncnc32)c(Cl)c1. The molecule has 4 aromatic rings. The molecule has 3 heterocycles. The highest BCUT2D eigenvalue weighted by Crippen LogP contribution is 2.26. The Morgan fingerprint density at radius 1 is 0.939 bits per heavy atom. The number of piperazine rings is 1. The van der Waals surface area contributed by atoms with E-state index in [1.165, 1.54) is 0 Å². The molecule has 2 aromatic carbocycles. The van der Waals surface area contributed by atoms with Gasteiger partial charge in [-0.15, -0.1) is 0 Å². The fourth-order valence-electron chi connectivity index (χ4n) is 4.05. The van der Waals surface area contributed by atoms with Crippen LogP contribution in [0.2, 0.25) is 10.0 Å².